The van der Waals surface area contributed by atoms with Crippen LogP contribution in [0.25, 0.3) is 0 Å². The van der Waals surface area contributed by atoms with Crippen molar-refractivity contribution < 1.29 is 9.53 Å². The van der Waals surface area contributed by atoms with Crippen molar-refractivity contribution in [3.8, 4) is 5.75 Å². The summed E-state index contributed by atoms with van der Waals surface area (Å²) < 4.78 is 5.12. The van der Waals surface area contributed by atoms with E-state index in [9.17, 15) is 4.79 Å². The number of hydrogen-bond donors (Lipinski definition) is 2. The fourth-order valence-electron chi connectivity index (χ4n) is 2.24. The first-order valence-corrected chi connectivity index (χ1v) is 7.89. The van der Waals surface area contributed by atoms with E-state index in [1.165, 1.54) is 0 Å². The summed E-state index contributed by atoms with van der Waals surface area (Å²) in [5.74, 6) is 0.798. The lowest BCUT2D eigenvalue weighted by atomic mass is 10.1. The smallest absolute Gasteiger partial charge is 0.315 e. The summed E-state index contributed by atoms with van der Waals surface area (Å²) in [6.07, 6.45) is 0.741. The zero-order valence-electron chi connectivity index (χ0n) is 13.3. The van der Waals surface area contributed by atoms with Crippen molar-refractivity contribution in [1.29, 1.82) is 0 Å². The van der Waals surface area contributed by atoms with Gasteiger partial charge in [-0.25, -0.2) is 4.79 Å². The van der Waals surface area contributed by atoms with Crippen molar-refractivity contribution in [2.75, 3.05) is 13.7 Å². The molecule has 0 aromatic heterocycles. The van der Waals surface area contributed by atoms with Gasteiger partial charge in [-0.15, -0.1) is 0 Å². The van der Waals surface area contributed by atoms with Gasteiger partial charge in [-0.1, -0.05) is 35.9 Å². The maximum Gasteiger partial charge on any atom is 0.315 e. The lowest BCUT2D eigenvalue weighted by molar-refractivity contribution is 0.238. The van der Waals surface area contributed by atoms with Gasteiger partial charge >= 0.3 is 6.03 Å². The number of urea groups is 1. The molecular formula is C18H21ClN2O2. The third-order valence-electron chi connectivity index (χ3n) is 3.55. The molecule has 0 aliphatic rings. The van der Waals surface area contributed by atoms with Gasteiger partial charge in [0.15, 0.2) is 0 Å². The average Bonchev–Trinajstić information content (AvgIpc) is 2.55. The monoisotopic (exact) mass is 332 g/mol. The Morgan fingerprint density at radius 1 is 1.22 bits per heavy atom. The van der Waals surface area contributed by atoms with Gasteiger partial charge in [-0.3, -0.25) is 0 Å². The minimum absolute atomic E-state index is 0.0768. The van der Waals surface area contributed by atoms with Gasteiger partial charge in [-0.05, 0) is 48.7 Å². The molecule has 0 fully saturated rings. The normalized spacial score (nSPS) is 11.6. The summed E-state index contributed by atoms with van der Waals surface area (Å²) in [7, 11) is 1.63. The van der Waals surface area contributed by atoms with Crippen molar-refractivity contribution in [1.82, 2.24) is 10.6 Å². The Bertz CT molecular complexity index is 644. The molecule has 2 aromatic rings. The first-order chi connectivity index (χ1) is 11.1. The standard InChI is InChI=1S/C18H21ClN2O2/c1-13(15-6-8-17(23-2)9-7-15)21-18(22)20-11-10-14-4-3-5-16(19)12-14/h3-9,12-13H,10-11H2,1-2H3,(H2,20,21,22). The van der Waals surface area contributed by atoms with Crippen LogP contribution in [-0.2, 0) is 6.42 Å². The van der Waals surface area contributed by atoms with Crippen molar-refractivity contribution >= 4 is 17.6 Å². The largest absolute Gasteiger partial charge is 0.497 e. The van der Waals surface area contributed by atoms with Crippen LogP contribution in [0.3, 0.4) is 0 Å². The first kappa shape index (κ1) is 17.2. The molecule has 1 atom stereocenters. The fraction of sp³-hybridized carbons (Fsp3) is 0.278. The highest BCUT2D eigenvalue weighted by Crippen LogP contribution is 2.17. The third kappa shape index (κ3) is 5.49. The molecule has 2 aromatic carbocycles. The molecular weight excluding hydrogens is 312 g/mol. The summed E-state index contributed by atoms with van der Waals surface area (Å²) in [6.45, 7) is 2.50. The number of carbonyl (C=O) groups excluding carboxylic acids is 1. The van der Waals surface area contributed by atoms with Gasteiger partial charge in [0.05, 0.1) is 13.2 Å². The molecule has 0 bridgehead atoms. The van der Waals surface area contributed by atoms with Gasteiger partial charge in [-0.2, -0.15) is 0 Å². The van der Waals surface area contributed by atoms with Gasteiger partial charge < -0.3 is 15.4 Å². The number of ether oxygens (including phenoxy) is 1. The lowest BCUT2D eigenvalue weighted by Gasteiger charge is -2.15. The first-order valence-electron chi connectivity index (χ1n) is 7.51. The van der Waals surface area contributed by atoms with E-state index in [0.717, 1.165) is 23.3 Å². The maximum absolute atomic E-state index is 11.9. The van der Waals surface area contributed by atoms with E-state index in [2.05, 4.69) is 10.6 Å². The molecule has 0 spiro atoms. The lowest BCUT2D eigenvalue weighted by Crippen LogP contribution is -2.38. The predicted octanol–water partition coefficient (Wildman–Crippen LogP) is 3.95. The number of halogens is 1. The molecule has 2 amide bonds. The van der Waals surface area contributed by atoms with Gasteiger partial charge in [0.1, 0.15) is 5.75 Å². The molecule has 1 unspecified atom stereocenters. The summed E-state index contributed by atoms with van der Waals surface area (Å²) in [6, 6.07) is 15.0. The Labute approximate surface area is 141 Å². The average molecular weight is 333 g/mol. The topological polar surface area (TPSA) is 50.4 Å². The van der Waals surface area contributed by atoms with E-state index in [1.54, 1.807) is 7.11 Å². The molecule has 0 radical (unpaired) electrons. The van der Waals surface area contributed by atoms with E-state index in [-0.39, 0.29) is 12.1 Å². The van der Waals surface area contributed by atoms with E-state index in [4.69, 9.17) is 16.3 Å². The quantitative estimate of drug-likeness (QED) is 0.841. The predicted molar refractivity (Wildman–Crippen MR) is 93.1 cm³/mol. The Morgan fingerprint density at radius 3 is 2.61 bits per heavy atom. The summed E-state index contributed by atoms with van der Waals surface area (Å²) in [5.41, 5.74) is 2.12. The highest BCUT2D eigenvalue weighted by molar-refractivity contribution is 6.30. The molecule has 0 aliphatic heterocycles. The Hall–Kier alpha value is -2.20. The third-order valence-corrected chi connectivity index (χ3v) is 3.79. The molecule has 0 saturated heterocycles. The Balaban J connectivity index is 1.77. The number of nitrogens with one attached hydrogen (secondary N) is 2. The van der Waals surface area contributed by atoms with E-state index in [0.29, 0.717) is 11.6 Å². The second-order valence-corrected chi connectivity index (χ2v) is 5.71. The molecule has 0 saturated carbocycles. The number of benzene rings is 2. The fourth-order valence-corrected chi connectivity index (χ4v) is 2.45. The Morgan fingerprint density at radius 2 is 1.96 bits per heavy atom. The van der Waals surface area contributed by atoms with Crippen LogP contribution in [-0.4, -0.2) is 19.7 Å². The highest BCUT2D eigenvalue weighted by atomic mass is 35.5. The number of carbonyl (C=O) groups is 1. The molecule has 0 aliphatic carbocycles. The van der Waals surface area contributed by atoms with Crippen LogP contribution in [0.1, 0.15) is 24.1 Å². The van der Waals surface area contributed by atoms with Gasteiger partial charge in [0.2, 0.25) is 0 Å². The van der Waals surface area contributed by atoms with Crippen LogP contribution in [0.5, 0.6) is 5.75 Å². The van der Waals surface area contributed by atoms with Gasteiger partial charge in [0, 0.05) is 11.6 Å². The van der Waals surface area contributed by atoms with Gasteiger partial charge in [0.25, 0.3) is 0 Å². The van der Waals surface area contributed by atoms with Crippen molar-refractivity contribution in [3.05, 3.63) is 64.7 Å². The minimum Gasteiger partial charge on any atom is -0.497 e. The van der Waals surface area contributed by atoms with Crippen LogP contribution >= 0.6 is 11.6 Å². The van der Waals surface area contributed by atoms with E-state index >= 15 is 0 Å². The van der Waals surface area contributed by atoms with E-state index in [1.807, 2.05) is 55.5 Å². The second kappa shape index (κ2) is 8.44. The van der Waals surface area contributed by atoms with Crippen LogP contribution in [0.15, 0.2) is 48.5 Å². The van der Waals surface area contributed by atoms with E-state index < -0.39 is 0 Å². The van der Waals surface area contributed by atoms with Crippen molar-refractivity contribution in [3.63, 3.8) is 0 Å². The minimum atomic E-state index is -0.185. The molecule has 23 heavy (non-hydrogen) atoms. The van der Waals surface area contributed by atoms with Crippen molar-refractivity contribution in [2.45, 2.75) is 19.4 Å². The number of rotatable bonds is 6. The molecule has 2 N–H and O–H groups in total. The highest BCUT2D eigenvalue weighted by Gasteiger charge is 2.09. The van der Waals surface area contributed by atoms with Crippen LogP contribution in [0.2, 0.25) is 5.02 Å². The zero-order chi connectivity index (χ0) is 16.7. The number of hydrogen-bond acceptors (Lipinski definition) is 2. The van der Waals surface area contributed by atoms with Crippen LogP contribution in [0.4, 0.5) is 4.79 Å². The number of methoxy groups -OCH3 is 1. The zero-order valence-corrected chi connectivity index (χ0v) is 14.1. The number of amides is 2. The molecule has 5 heteroatoms. The molecule has 2 rings (SSSR count). The second-order valence-electron chi connectivity index (χ2n) is 5.28. The SMILES string of the molecule is COc1ccc(C(C)NC(=O)NCCc2cccc(Cl)c2)cc1. The molecule has 122 valence electrons. The summed E-state index contributed by atoms with van der Waals surface area (Å²) in [5, 5.41) is 6.48. The molecule has 0 heterocycles. The maximum atomic E-state index is 11.9. The summed E-state index contributed by atoms with van der Waals surface area (Å²) in [4.78, 5) is 11.9. The summed E-state index contributed by atoms with van der Waals surface area (Å²) >= 11 is 5.94. The molecule has 4 nitrogen and oxygen atoms in total. The van der Waals surface area contributed by atoms with Crippen molar-refractivity contribution in [2.24, 2.45) is 0 Å². The van der Waals surface area contributed by atoms with Crippen LogP contribution in [0, 0.1) is 0 Å². The Kier molecular flexibility index (Phi) is 6.29. The van der Waals surface area contributed by atoms with Crippen LogP contribution < -0.4 is 15.4 Å².